The van der Waals surface area contributed by atoms with Gasteiger partial charge < -0.3 is 4.74 Å². The van der Waals surface area contributed by atoms with Crippen molar-refractivity contribution in [2.75, 3.05) is 7.11 Å². The summed E-state index contributed by atoms with van der Waals surface area (Å²) in [6.07, 6.45) is 1.45. The molecule has 0 aliphatic rings. The van der Waals surface area contributed by atoms with Gasteiger partial charge in [-0.1, -0.05) is 5.92 Å². The van der Waals surface area contributed by atoms with Crippen molar-refractivity contribution in [2.45, 2.75) is 0 Å². The van der Waals surface area contributed by atoms with Gasteiger partial charge in [0, 0.05) is 17.7 Å². The number of carbonyl (C=O) groups excluding carboxylic acids is 2. The number of rotatable bonds is 1. The molecule has 5 heteroatoms. The summed E-state index contributed by atoms with van der Waals surface area (Å²) in [4.78, 5) is 24.5. The van der Waals surface area contributed by atoms with Gasteiger partial charge >= 0.3 is 5.97 Å². The SMILES string of the molecule is COC(=O)C#Cc1ccnc(F)c1C=O. The van der Waals surface area contributed by atoms with Crippen LogP contribution in [0.5, 0.6) is 0 Å². The largest absolute Gasteiger partial charge is 0.459 e. The summed E-state index contributed by atoms with van der Waals surface area (Å²) in [5, 5.41) is 0. The molecule has 0 aliphatic heterocycles. The van der Waals surface area contributed by atoms with Crippen molar-refractivity contribution in [3.05, 3.63) is 29.3 Å². The normalized spacial score (nSPS) is 8.67. The molecule has 0 aliphatic carbocycles. The maximum absolute atomic E-state index is 12.9. The fraction of sp³-hybridized carbons (Fsp3) is 0.100. The first-order chi connectivity index (χ1) is 7.19. The zero-order valence-corrected chi connectivity index (χ0v) is 7.78. The third-order valence-corrected chi connectivity index (χ3v) is 1.54. The second-order valence-corrected chi connectivity index (χ2v) is 2.42. The van der Waals surface area contributed by atoms with Crippen molar-refractivity contribution in [1.82, 2.24) is 4.98 Å². The second kappa shape index (κ2) is 4.86. The minimum Gasteiger partial charge on any atom is -0.459 e. The van der Waals surface area contributed by atoms with Gasteiger partial charge in [0.1, 0.15) is 0 Å². The lowest BCUT2D eigenvalue weighted by Gasteiger charge is -1.95. The van der Waals surface area contributed by atoms with Crippen LogP contribution in [0.2, 0.25) is 0 Å². The Bertz CT molecular complexity index is 459. The predicted octanol–water partition coefficient (Wildman–Crippen LogP) is 0.558. The zero-order valence-electron chi connectivity index (χ0n) is 7.78. The van der Waals surface area contributed by atoms with Crippen molar-refractivity contribution in [2.24, 2.45) is 0 Å². The van der Waals surface area contributed by atoms with Gasteiger partial charge in [-0.3, -0.25) is 4.79 Å². The van der Waals surface area contributed by atoms with E-state index in [0.29, 0.717) is 6.29 Å². The third-order valence-electron chi connectivity index (χ3n) is 1.54. The number of esters is 1. The van der Waals surface area contributed by atoms with Crippen LogP contribution in [-0.2, 0) is 9.53 Å². The average molecular weight is 207 g/mol. The topological polar surface area (TPSA) is 56.3 Å². The fourth-order valence-corrected chi connectivity index (χ4v) is 0.838. The molecular formula is C10H6FNO3. The molecule has 0 amide bonds. The van der Waals surface area contributed by atoms with E-state index in [1.807, 2.05) is 0 Å². The Morgan fingerprint density at radius 3 is 3.00 bits per heavy atom. The van der Waals surface area contributed by atoms with E-state index in [1.54, 1.807) is 0 Å². The van der Waals surface area contributed by atoms with Crippen molar-refractivity contribution < 1.29 is 18.7 Å². The molecular weight excluding hydrogens is 201 g/mol. The minimum absolute atomic E-state index is 0.0999. The number of hydrogen-bond donors (Lipinski definition) is 0. The van der Waals surface area contributed by atoms with Crippen LogP contribution >= 0.6 is 0 Å². The van der Waals surface area contributed by atoms with Crippen molar-refractivity contribution in [1.29, 1.82) is 0 Å². The number of carbonyl (C=O) groups is 2. The molecule has 4 nitrogen and oxygen atoms in total. The number of aldehydes is 1. The highest BCUT2D eigenvalue weighted by Gasteiger charge is 2.06. The molecule has 1 heterocycles. The molecule has 1 rings (SSSR count). The van der Waals surface area contributed by atoms with E-state index in [-0.39, 0.29) is 11.1 Å². The molecule has 0 fully saturated rings. The van der Waals surface area contributed by atoms with E-state index in [0.717, 1.165) is 6.20 Å². The van der Waals surface area contributed by atoms with Gasteiger partial charge in [-0.15, -0.1) is 0 Å². The number of hydrogen-bond acceptors (Lipinski definition) is 4. The van der Waals surface area contributed by atoms with Crippen LogP contribution in [-0.4, -0.2) is 24.3 Å². The molecule has 0 radical (unpaired) electrons. The van der Waals surface area contributed by atoms with Crippen LogP contribution in [0, 0.1) is 17.8 Å². The van der Waals surface area contributed by atoms with Crippen LogP contribution < -0.4 is 0 Å². The van der Waals surface area contributed by atoms with Crippen molar-refractivity contribution in [3.63, 3.8) is 0 Å². The Balaban J connectivity index is 3.13. The minimum atomic E-state index is -0.915. The molecule has 0 saturated heterocycles. The van der Waals surface area contributed by atoms with E-state index in [2.05, 4.69) is 21.6 Å². The average Bonchev–Trinajstić information content (AvgIpc) is 2.25. The summed E-state index contributed by atoms with van der Waals surface area (Å²) < 4.78 is 17.2. The number of pyridine rings is 1. The summed E-state index contributed by atoms with van der Waals surface area (Å²) in [6.45, 7) is 0. The van der Waals surface area contributed by atoms with Gasteiger partial charge in [-0.25, -0.2) is 9.78 Å². The highest BCUT2D eigenvalue weighted by atomic mass is 19.1. The molecule has 0 unspecified atom stereocenters. The summed E-state index contributed by atoms with van der Waals surface area (Å²) in [7, 11) is 1.17. The van der Waals surface area contributed by atoms with E-state index < -0.39 is 11.9 Å². The standard InChI is InChI=1S/C10H6FNO3/c1-15-9(14)3-2-7-4-5-12-10(11)8(7)6-13/h4-6H,1H3. The summed E-state index contributed by atoms with van der Waals surface area (Å²) in [5.74, 6) is 2.73. The van der Waals surface area contributed by atoms with Crippen molar-refractivity contribution in [3.8, 4) is 11.8 Å². The third kappa shape index (κ3) is 2.61. The van der Waals surface area contributed by atoms with Gasteiger partial charge in [0.15, 0.2) is 6.29 Å². The summed E-state index contributed by atoms with van der Waals surface area (Å²) >= 11 is 0. The molecule has 0 N–H and O–H groups in total. The number of halogens is 1. The van der Waals surface area contributed by atoms with Crippen LogP contribution in [0.15, 0.2) is 12.3 Å². The number of aromatic nitrogens is 1. The van der Waals surface area contributed by atoms with Crippen molar-refractivity contribution >= 4 is 12.3 Å². The predicted molar refractivity (Wildman–Crippen MR) is 48.5 cm³/mol. The maximum Gasteiger partial charge on any atom is 0.384 e. The lowest BCUT2D eigenvalue weighted by Crippen LogP contribution is -1.98. The first-order valence-electron chi connectivity index (χ1n) is 3.88. The molecule has 76 valence electrons. The molecule has 0 saturated carbocycles. The molecule has 1 aromatic rings. The molecule has 15 heavy (non-hydrogen) atoms. The first kappa shape index (κ1) is 10.9. The monoisotopic (exact) mass is 207 g/mol. The molecule has 0 aromatic carbocycles. The van der Waals surface area contributed by atoms with Gasteiger partial charge in [0.25, 0.3) is 0 Å². The molecule has 0 spiro atoms. The van der Waals surface area contributed by atoms with E-state index in [4.69, 9.17) is 0 Å². The van der Waals surface area contributed by atoms with E-state index >= 15 is 0 Å². The highest BCUT2D eigenvalue weighted by molar-refractivity contribution is 5.90. The Morgan fingerprint density at radius 2 is 2.40 bits per heavy atom. The van der Waals surface area contributed by atoms with E-state index in [1.165, 1.54) is 13.2 Å². The smallest absolute Gasteiger partial charge is 0.384 e. The Labute approximate surface area is 85.1 Å². The van der Waals surface area contributed by atoms with Crippen LogP contribution in [0.1, 0.15) is 15.9 Å². The van der Waals surface area contributed by atoms with Crippen LogP contribution in [0.3, 0.4) is 0 Å². The van der Waals surface area contributed by atoms with Gasteiger partial charge in [-0.2, -0.15) is 4.39 Å². The maximum atomic E-state index is 12.9. The Morgan fingerprint density at radius 1 is 1.67 bits per heavy atom. The lowest BCUT2D eigenvalue weighted by atomic mass is 10.1. The lowest BCUT2D eigenvalue weighted by molar-refractivity contribution is -0.133. The quantitative estimate of drug-likeness (QED) is 0.292. The van der Waals surface area contributed by atoms with Gasteiger partial charge in [0.05, 0.1) is 12.7 Å². The number of methoxy groups -OCH3 is 1. The highest BCUT2D eigenvalue weighted by Crippen LogP contribution is 2.06. The van der Waals surface area contributed by atoms with Crippen LogP contribution in [0.4, 0.5) is 4.39 Å². The summed E-state index contributed by atoms with van der Waals surface area (Å²) in [5.41, 5.74) is -0.170. The second-order valence-electron chi connectivity index (χ2n) is 2.42. The number of ether oxygens (including phenoxy) is 1. The van der Waals surface area contributed by atoms with E-state index in [9.17, 15) is 14.0 Å². The Kier molecular flexibility index (Phi) is 3.52. The zero-order chi connectivity index (χ0) is 11.3. The van der Waals surface area contributed by atoms with Gasteiger partial charge in [-0.05, 0) is 6.07 Å². The first-order valence-corrected chi connectivity index (χ1v) is 3.88. The Hall–Kier alpha value is -2.22. The molecule has 0 bridgehead atoms. The molecule has 0 atom stereocenters. The number of nitrogens with zero attached hydrogens (tertiary/aromatic N) is 1. The van der Waals surface area contributed by atoms with Crippen LogP contribution in [0.25, 0.3) is 0 Å². The molecule has 1 aromatic heterocycles. The fourth-order valence-electron chi connectivity index (χ4n) is 0.838. The van der Waals surface area contributed by atoms with Gasteiger partial charge in [0.2, 0.25) is 5.95 Å². The summed E-state index contributed by atoms with van der Waals surface area (Å²) in [6, 6.07) is 1.34.